The first kappa shape index (κ1) is 17.6. The fourth-order valence-corrected chi connectivity index (χ4v) is 4.56. The van der Waals surface area contributed by atoms with Crippen LogP contribution in [0.25, 0.3) is 0 Å². The average molecular weight is 368 g/mol. The molecule has 2 aromatic rings. The van der Waals surface area contributed by atoms with Crippen LogP contribution >= 0.6 is 0 Å². The third kappa shape index (κ3) is 2.52. The van der Waals surface area contributed by atoms with Gasteiger partial charge in [-0.3, -0.25) is 13.9 Å². The number of hydrogen-bond donors (Lipinski definition) is 0. The van der Waals surface area contributed by atoms with Crippen LogP contribution < -0.4 is 16.1 Å². The van der Waals surface area contributed by atoms with Gasteiger partial charge in [0.15, 0.2) is 5.56 Å². The van der Waals surface area contributed by atoms with Crippen LogP contribution in [0.3, 0.4) is 0 Å². The summed E-state index contributed by atoms with van der Waals surface area (Å²) >= 11 is 0. The van der Waals surface area contributed by atoms with Crippen LogP contribution in [0.4, 0.5) is 5.82 Å². The van der Waals surface area contributed by atoms with Gasteiger partial charge in [0.05, 0.1) is 11.7 Å². The molecule has 1 aliphatic carbocycles. The Balaban J connectivity index is 1.87. The van der Waals surface area contributed by atoms with E-state index >= 15 is 0 Å². The topological polar surface area (TPSA) is 88.9 Å². The minimum Gasteiger partial charge on any atom is -0.346 e. The number of imidazole rings is 1. The van der Waals surface area contributed by atoms with Crippen LogP contribution in [-0.4, -0.2) is 25.2 Å². The molecule has 0 radical (unpaired) electrons. The van der Waals surface area contributed by atoms with Gasteiger partial charge in [0.2, 0.25) is 0 Å². The molecule has 0 amide bonds. The number of fused-ring (bicyclic) bond motifs is 1. The lowest BCUT2D eigenvalue weighted by molar-refractivity contribution is 0.590. The second-order valence-electron chi connectivity index (χ2n) is 7.50. The largest absolute Gasteiger partial charge is 0.346 e. The Morgan fingerprint density at radius 1 is 1.04 bits per heavy atom. The Morgan fingerprint density at radius 3 is 2.48 bits per heavy atom. The maximum absolute atomic E-state index is 12.5. The Morgan fingerprint density at radius 2 is 1.78 bits per heavy atom. The average Bonchev–Trinajstić information content (AvgIpc) is 3.27. The van der Waals surface area contributed by atoms with E-state index in [1.807, 2.05) is 11.0 Å². The zero-order chi connectivity index (χ0) is 19.3. The summed E-state index contributed by atoms with van der Waals surface area (Å²) in [6.45, 7) is 0.692. The summed E-state index contributed by atoms with van der Waals surface area (Å²) in [5.41, 5.74) is 1.52. The first-order chi connectivity index (χ1) is 13.0. The van der Waals surface area contributed by atoms with E-state index in [0.29, 0.717) is 12.4 Å². The second kappa shape index (κ2) is 6.41. The van der Waals surface area contributed by atoms with E-state index in [1.165, 1.54) is 35.8 Å². The van der Waals surface area contributed by atoms with Gasteiger partial charge >= 0.3 is 5.69 Å². The molecule has 3 heterocycles. The second-order valence-corrected chi connectivity index (χ2v) is 7.50. The number of anilines is 1. The van der Waals surface area contributed by atoms with Crippen LogP contribution in [0.1, 0.15) is 54.5 Å². The van der Waals surface area contributed by atoms with Crippen molar-refractivity contribution in [3.05, 3.63) is 43.6 Å². The zero-order valence-electron chi connectivity index (χ0n) is 16.0. The molecule has 0 unspecified atom stereocenters. The molecule has 1 saturated heterocycles. The first-order valence-corrected chi connectivity index (χ1v) is 9.46. The highest BCUT2D eigenvalue weighted by molar-refractivity contribution is 5.55. The lowest BCUT2D eigenvalue weighted by Crippen LogP contribution is -2.42. The summed E-state index contributed by atoms with van der Waals surface area (Å²) < 4.78 is 4.59. The Labute approximate surface area is 157 Å². The van der Waals surface area contributed by atoms with E-state index in [2.05, 4.69) is 11.6 Å². The van der Waals surface area contributed by atoms with E-state index in [9.17, 15) is 14.9 Å². The molecule has 0 bridgehead atoms. The zero-order valence-corrected chi connectivity index (χ0v) is 16.0. The molecular weight excluding hydrogens is 344 g/mol. The number of nitriles is 1. The number of aryl methyl sites for hydroxylation is 1. The van der Waals surface area contributed by atoms with Gasteiger partial charge in [-0.15, -0.1) is 0 Å². The van der Waals surface area contributed by atoms with Gasteiger partial charge in [-0.2, -0.15) is 5.26 Å². The fourth-order valence-electron chi connectivity index (χ4n) is 4.56. The molecule has 1 aliphatic heterocycles. The Bertz CT molecular complexity index is 1070. The van der Waals surface area contributed by atoms with E-state index in [0.717, 1.165) is 36.1 Å². The molecule has 8 heteroatoms. The van der Waals surface area contributed by atoms with Gasteiger partial charge in [-0.25, -0.2) is 9.78 Å². The number of rotatable bonds is 2. The van der Waals surface area contributed by atoms with Crippen LogP contribution in [0.2, 0.25) is 0 Å². The van der Waals surface area contributed by atoms with Crippen LogP contribution in [0.5, 0.6) is 0 Å². The first-order valence-electron chi connectivity index (χ1n) is 9.46. The molecule has 0 spiro atoms. The minimum absolute atomic E-state index is 0.0190. The summed E-state index contributed by atoms with van der Waals surface area (Å²) in [6.07, 6.45) is 6.21. The smallest absolute Gasteiger partial charge is 0.332 e. The highest BCUT2D eigenvalue weighted by Gasteiger charge is 2.35. The predicted molar refractivity (Wildman–Crippen MR) is 101 cm³/mol. The molecule has 4 rings (SSSR count). The molecule has 0 aromatic carbocycles. The number of hydrogen-bond acceptors (Lipinski definition) is 5. The van der Waals surface area contributed by atoms with Gasteiger partial charge in [-0.1, -0.05) is 0 Å². The number of aromatic nitrogens is 4. The maximum atomic E-state index is 12.5. The van der Waals surface area contributed by atoms with Crippen molar-refractivity contribution >= 4 is 5.82 Å². The summed E-state index contributed by atoms with van der Waals surface area (Å²) in [7, 11) is 5.08. The Kier molecular flexibility index (Phi) is 4.17. The van der Waals surface area contributed by atoms with Gasteiger partial charge in [0.1, 0.15) is 17.7 Å². The molecule has 2 aliphatic rings. The molecule has 27 heavy (non-hydrogen) atoms. The van der Waals surface area contributed by atoms with Gasteiger partial charge in [0.25, 0.3) is 5.56 Å². The van der Waals surface area contributed by atoms with Crippen molar-refractivity contribution in [3.63, 3.8) is 0 Å². The molecule has 142 valence electrons. The minimum atomic E-state index is -0.541. The van der Waals surface area contributed by atoms with Gasteiger partial charge in [-0.05, 0) is 38.5 Å². The summed E-state index contributed by atoms with van der Waals surface area (Å²) in [5, 5.41) is 9.62. The van der Waals surface area contributed by atoms with Crippen molar-refractivity contribution in [2.45, 2.75) is 44.6 Å². The standard InChI is InChI=1S/C19H24N6O2/c1-22-14-8-5-4-7-13(14)21-16(22)15-9-6-10-25(15)17-12(11-20)18(26)24(3)19(27)23(17)2/h15H,4-10H2,1-3H3/t15-/m1/s1. The molecule has 1 atom stereocenters. The molecular formula is C19H24N6O2. The van der Waals surface area contributed by atoms with E-state index in [1.54, 1.807) is 7.05 Å². The van der Waals surface area contributed by atoms with Gasteiger partial charge in [0, 0.05) is 33.4 Å². The lowest BCUT2D eigenvalue weighted by atomic mass is 10.0. The third-order valence-corrected chi connectivity index (χ3v) is 5.98. The van der Waals surface area contributed by atoms with Gasteiger partial charge < -0.3 is 9.47 Å². The molecule has 8 nitrogen and oxygen atoms in total. The fraction of sp³-hybridized carbons (Fsp3) is 0.579. The van der Waals surface area contributed by atoms with Crippen molar-refractivity contribution in [1.82, 2.24) is 18.7 Å². The quantitative estimate of drug-likeness (QED) is 0.786. The molecule has 0 saturated carbocycles. The predicted octanol–water partition coefficient (Wildman–Crippen LogP) is 0.909. The van der Waals surface area contributed by atoms with E-state index < -0.39 is 11.2 Å². The highest BCUT2D eigenvalue weighted by Crippen LogP contribution is 2.37. The van der Waals surface area contributed by atoms with E-state index in [4.69, 9.17) is 4.98 Å². The monoisotopic (exact) mass is 368 g/mol. The van der Waals surface area contributed by atoms with Crippen molar-refractivity contribution in [1.29, 1.82) is 5.26 Å². The van der Waals surface area contributed by atoms with Crippen molar-refractivity contribution in [3.8, 4) is 6.07 Å². The highest BCUT2D eigenvalue weighted by atomic mass is 16.2. The SMILES string of the molecule is Cn1c([C@H]2CCCN2c2c(C#N)c(=O)n(C)c(=O)n2C)nc2c1CCCC2. The Hall–Kier alpha value is -2.82. The van der Waals surface area contributed by atoms with Crippen molar-refractivity contribution in [2.75, 3.05) is 11.4 Å². The summed E-state index contributed by atoms with van der Waals surface area (Å²) in [6, 6.07) is 1.99. The van der Waals surface area contributed by atoms with Crippen LogP contribution in [0.15, 0.2) is 9.59 Å². The summed E-state index contributed by atoms with van der Waals surface area (Å²) in [4.78, 5) is 31.9. The van der Waals surface area contributed by atoms with Crippen molar-refractivity contribution in [2.24, 2.45) is 21.1 Å². The van der Waals surface area contributed by atoms with Crippen molar-refractivity contribution < 1.29 is 0 Å². The third-order valence-electron chi connectivity index (χ3n) is 5.98. The number of nitrogens with zero attached hydrogens (tertiary/aromatic N) is 6. The summed E-state index contributed by atoms with van der Waals surface area (Å²) in [5.74, 6) is 1.38. The maximum Gasteiger partial charge on any atom is 0.332 e. The molecule has 2 aromatic heterocycles. The van der Waals surface area contributed by atoms with Crippen LogP contribution in [-0.2, 0) is 34.0 Å². The molecule has 0 N–H and O–H groups in total. The van der Waals surface area contributed by atoms with Crippen LogP contribution in [0, 0.1) is 11.3 Å². The normalized spacial score (nSPS) is 19.2. The van der Waals surface area contributed by atoms with E-state index in [-0.39, 0.29) is 11.6 Å². The molecule has 1 fully saturated rings. The lowest BCUT2D eigenvalue weighted by Gasteiger charge is -2.28.